The molecule has 0 saturated heterocycles. The van der Waals surface area contributed by atoms with E-state index in [1.807, 2.05) is 54.7 Å². The van der Waals surface area contributed by atoms with Gasteiger partial charge in [-0.3, -0.25) is 9.67 Å². The topological polar surface area (TPSA) is 82.5 Å². The molecule has 0 radical (unpaired) electrons. The maximum atomic E-state index is 5.01. The van der Waals surface area contributed by atoms with Crippen molar-refractivity contribution in [3.05, 3.63) is 78.7 Å². The average Bonchev–Trinajstić information content (AvgIpc) is 3.37. The predicted octanol–water partition coefficient (Wildman–Crippen LogP) is 3.90. The van der Waals surface area contributed by atoms with Crippen LogP contribution in [0.2, 0.25) is 0 Å². The Kier molecular flexibility index (Phi) is 3.90. The van der Waals surface area contributed by atoms with E-state index in [1.165, 1.54) is 0 Å². The summed E-state index contributed by atoms with van der Waals surface area (Å²) in [6.45, 7) is 2.24. The number of rotatable bonds is 4. The molecule has 0 aliphatic heterocycles. The van der Waals surface area contributed by atoms with Crippen molar-refractivity contribution in [2.75, 3.05) is 0 Å². The molecule has 0 aliphatic rings. The maximum absolute atomic E-state index is 5.01. The molecule has 5 aromatic rings. The van der Waals surface area contributed by atoms with Gasteiger partial charge in [-0.15, -0.1) is 0 Å². The molecule has 136 valence electrons. The van der Waals surface area contributed by atoms with Crippen molar-refractivity contribution in [1.82, 2.24) is 29.9 Å². The SMILES string of the molecule is Cc1nc(Cn2ccc(-c3cccc(-c4cnc5ccccc5n4)c3)n2)no1. The lowest BCUT2D eigenvalue weighted by Gasteiger charge is -2.05. The standard InChI is InChI=1S/C21H16N6O/c1-14-23-21(26-28-14)13-27-10-9-17(25-27)15-5-4-6-16(11-15)20-12-22-18-7-2-3-8-19(18)24-20/h2-12H,13H2,1H3. The lowest BCUT2D eigenvalue weighted by atomic mass is 10.1. The van der Waals surface area contributed by atoms with Gasteiger partial charge in [0.15, 0.2) is 5.82 Å². The van der Waals surface area contributed by atoms with Gasteiger partial charge in [0.25, 0.3) is 0 Å². The van der Waals surface area contributed by atoms with Gasteiger partial charge in [0.2, 0.25) is 5.89 Å². The van der Waals surface area contributed by atoms with Crippen molar-refractivity contribution in [2.45, 2.75) is 13.5 Å². The third-order valence-electron chi connectivity index (χ3n) is 4.42. The molecule has 0 unspecified atom stereocenters. The van der Waals surface area contributed by atoms with Crippen LogP contribution >= 0.6 is 0 Å². The smallest absolute Gasteiger partial charge is 0.223 e. The minimum Gasteiger partial charge on any atom is -0.340 e. The maximum Gasteiger partial charge on any atom is 0.223 e. The first-order valence-corrected chi connectivity index (χ1v) is 8.90. The molecule has 0 aliphatic carbocycles. The first-order valence-electron chi connectivity index (χ1n) is 8.90. The van der Waals surface area contributed by atoms with Gasteiger partial charge in [-0.25, -0.2) is 4.98 Å². The van der Waals surface area contributed by atoms with Crippen LogP contribution in [-0.2, 0) is 6.54 Å². The first kappa shape index (κ1) is 16.3. The second kappa shape index (κ2) is 6.70. The summed E-state index contributed by atoms with van der Waals surface area (Å²) in [5.41, 5.74) is 5.48. The third kappa shape index (κ3) is 3.14. The molecular weight excluding hydrogens is 352 g/mol. The minimum absolute atomic E-state index is 0.465. The molecule has 0 N–H and O–H groups in total. The van der Waals surface area contributed by atoms with Gasteiger partial charge < -0.3 is 4.52 Å². The van der Waals surface area contributed by atoms with Gasteiger partial charge in [-0.2, -0.15) is 10.1 Å². The Balaban J connectivity index is 1.45. The van der Waals surface area contributed by atoms with Gasteiger partial charge in [-0.1, -0.05) is 35.5 Å². The van der Waals surface area contributed by atoms with Crippen molar-refractivity contribution < 1.29 is 4.52 Å². The number of nitrogens with zero attached hydrogens (tertiary/aromatic N) is 6. The third-order valence-corrected chi connectivity index (χ3v) is 4.42. The normalized spacial score (nSPS) is 11.2. The molecule has 2 aromatic carbocycles. The number of benzene rings is 2. The average molecular weight is 368 g/mol. The summed E-state index contributed by atoms with van der Waals surface area (Å²) in [4.78, 5) is 13.4. The number of para-hydroxylation sites is 2. The van der Waals surface area contributed by atoms with Gasteiger partial charge in [0.05, 0.1) is 28.6 Å². The summed E-state index contributed by atoms with van der Waals surface area (Å²) in [6, 6.07) is 18.0. The quantitative estimate of drug-likeness (QED) is 0.478. The number of fused-ring (bicyclic) bond motifs is 1. The Morgan fingerprint density at radius 1 is 0.893 bits per heavy atom. The molecule has 3 heterocycles. The van der Waals surface area contributed by atoms with Crippen molar-refractivity contribution in [3.63, 3.8) is 0 Å². The van der Waals surface area contributed by atoms with E-state index < -0.39 is 0 Å². The van der Waals surface area contributed by atoms with Crippen LogP contribution in [0.1, 0.15) is 11.7 Å². The van der Waals surface area contributed by atoms with E-state index in [-0.39, 0.29) is 0 Å². The summed E-state index contributed by atoms with van der Waals surface area (Å²) < 4.78 is 6.80. The van der Waals surface area contributed by atoms with E-state index in [0.717, 1.165) is 33.5 Å². The summed E-state index contributed by atoms with van der Waals surface area (Å²) in [5.74, 6) is 1.15. The van der Waals surface area contributed by atoms with Gasteiger partial charge >= 0.3 is 0 Å². The Morgan fingerprint density at radius 3 is 2.54 bits per heavy atom. The Labute approximate surface area is 160 Å². The zero-order chi connectivity index (χ0) is 18.9. The number of hydrogen-bond acceptors (Lipinski definition) is 6. The highest BCUT2D eigenvalue weighted by molar-refractivity contribution is 5.78. The van der Waals surface area contributed by atoms with Crippen molar-refractivity contribution >= 4 is 11.0 Å². The van der Waals surface area contributed by atoms with Crippen LogP contribution in [0.15, 0.2) is 71.5 Å². The molecule has 28 heavy (non-hydrogen) atoms. The van der Waals surface area contributed by atoms with E-state index in [9.17, 15) is 0 Å². The van der Waals surface area contributed by atoms with Crippen LogP contribution in [-0.4, -0.2) is 29.9 Å². The zero-order valence-electron chi connectivity index (χ0n) is 15.1. The van der Waals surface area contributed by atoms with Crippen LogP contribution < -0.4 is 0 Å². The van der Waals surface area contributed by atoms with Crippen molar-refractivity contribution in [2.24, 2.45) is 0 Å². The lowest BCUT2D eigenvalue weighted by Crippen LogP contribution is -2.02. The molecule has 0 spiro atoms. The van der Waals surface area contributed by atoms with E-state index in [4.69, 9.17) is 9.51 Å². The lowest BCUT2D eigenvalue weighted by molar-refractivity contribution is 0.385. The predicted molar refractivity (Wildman–Crippen MR) is 104 cm³/mol. The highest BCUT2D eigenvalue weighted by Crippen LogP contribution is 2.25. The van der Waals surface area contributed by atoms with E-state index >= 15 is 0 Å². The van der Waals surface area contributed by atoms with Gasteiger partial charge in [0.1, 0.15) is 6.54 Å². The van der Waals surface area contributed by atoms with Crippen LogP contribution in [0.25, 0.3) is 33.5 Å². The number of hydrogen-bond donors (Lipinski definition) is 0. The monoisotopic (exact) mass is 368 g/mol. The highest BCUT2D eigenvalue weighted by atomic mass is 16.5. The van der Waals surface area contributed by atoms with Crippen LogP contribution in [0, 0.1) is 6.92 Å². The zero-order valence-corrected chi connectivity index (χ0v) is 15.1. The van der Waals surface area contributed by atoms with Crippen molar-refractivity contribution in [3.8, 4) is 22.5 Å². The summed E-state index contributed by atoms with van der Waals surface area (Å²) >= 11 is 0. The van der Waals surface area contributed by atoms with Gasteiger partial charge in [0, 0.05) is 24.2 Å². The summed E-state index contributed by atoms with van der Waals surface area (Å²) in [6.07, 6.45) is 3.71. The van der Waals surface area contributed by atoms with Crippen molar-refractivity contribution in [1.29, 1.82) is 0 Å². The Hall–Kier alpha value is -3.87. The number of aryl methyl sites for hydroxylation is 1. The molecule has 0 amide bonds. The largest absolute Gasteiger partial charge is 0.340 e. The summed E-state index contributed by atoms with van der Waals surface area (Å²) in [5, 5.41) is 8.54. The molecule has 0 atom stereocenters. The molecule has 0 fully saturated rings. The second-order valence-electron chi connectivity index (χ2n) is 6.45. The fourth-order valence-electron chi connectivity index (χ4n) is 3.09. The molecule has 0 bridgehead atoms. The fraction of sp³-hybridized carbons (Fsp3) is 0.0952. The van der Waals surface area contributed by atoms with E-state index in [1.54, 1.807) is 17.8 Å². The summed E-state index contributed by atoms with van der Waals surface area (Å²) in [7, 11) is 0. The first-order chi connectivity index (χ1) is 13.7. The highest BCUT2D eigenvalue weighted by Gasteiger charge is 2.09. The number of aromatic nitrogens is 6. The molecule has 7 heteroatoms. The van der Waals surface area contributed by atoms with E-state index in [2.05, 4.69) is 26.3 Å². The van der Waals surface area contributed by atoms with Crippen LogP contribution in [0.4, 0.5) is 0 Å². The van der Waals surface area contributed by atoms with Crippen LogP contribution in [0.3, 0.4) is 0 Å². The van der Waals surface area contributed by atoms with Crippen LogP contribution in [0.5, 0.6) is 0 Å². The molecule has 7 nitrogen and oxygen atoms in total. The Bertz CT molecular complexity index is 1270. The second-order valence-corrected chi connectivity index (χ2v) is 6.45. The molecule has 0 saturated carbocycles. The van der Waals surface area contributed by atoms with E-state index in [0.29, 0.717) is 18.3 Å². The molecule has 5 rings (SSSR count). The minimum atomic E-state index is 0.465. The molecule has 3 aromatic heterocycles. The fourth-order valence-corrected chi connectivity index (χ4v) is 3.09. The van der Waals surface area contributed by atoms with Gasteiger partial charge in [-0.05, 0) is 24.3 Å². The Morgan fingerprint density at radius 2 is 1.71 bits per heavy atom. The molecular formula is C21H16N6O.